The summed E-state index contributed by atoms with van der Waals surface area (Å²) < 4.78 is 5.49. The van der Waals surface area contributed by atoms with E-state index in [0.717, 1.165) is 56.8 Å². The van der Waals surface area contributed by atoms with Gasteiger partial charge in [-0.1, -0.05) is 6.92 Å². The molecule has 2 saturated heterocycles. The molecule has 1 aromatic heterocycles. The standard InChI is InChI=1S/C18H31N5OS.HI/c1-3-17-21-16(13-25-17)10-20-18(19-2)22-15-4-7-23(8-5-15)11-14-6-9-24-12-14;/h13-15H,3-12H2,1-2H3,(H2,19,20,22);1H. The number of nitrogens with zero attached hydrogens (tertiary/aromatic N) is 3. The number of thiazole rings is 1. The molecule has 2 fully saturated rings. The number of aryl methyl sites for hydroxylation is 1. The van der Waals surface area contributed by atoms with Crippen molar-refractivity contribution in [1.29, 1.82) is 0 Å². The molecule has 0 aromatic carbocycles. The average Bonchev–Trinajstić information content (AvgIpc) is 3.31. The fourth-order valence-electron chi connectivity index (χ4n) is 3.51. The summed E-state index contributed by atoms with van der Waals surface area (Å²) in [6, 6.07) is 0.504. The fraction of sp³-hybridized carbons (Fsp3) is 0.778. The first-order chi connectivity index (χ1) is 12.3. The number of guanidine groups is 1. The van der Waals surface area contributed by atoms with Crippen molar-refractivity contribution in [2.24, 2.45) is 10.9 Å². The highest BCUT2D eigenvalue weighted by Gasteiger charge is 2.24. The SMILES string of the molecule is CCc1nc(CNC(=NC)NC2CCN(CC3CCOC3)CC2)cs1.I. The van der Waals surface area contributed by atoms with E-state index in [1.807, 2.05) is 7.05 Å². The van der Waals surface area contributed by atoms with Gasteiger partial charge >= 0.3 is 0 Å². The highest BCUT2D eigenvalue weighted by molar-refractivity contribution is 14.0. The molecule has 2 aliphatic heterocycles. The molecule has 3 rings (SSSR count). The number of nitrogens with one attached hydrogen (secondary N) is 2. The van der Waals surface area contributed by atoms with Crippen molar-refractivity contribution in [2.45, 2.75) is 45.2 Å². The monoisotopic (exact) mass is 493 g/mol. The largest absolute Gasteiger partial charge is 0.381 e. The first kappa shape index (κ1) is 21.8. The summed E-state index contributed by atoms with van der Waals surface area (Å²) in [5.74, 6) is 1.62. The lowest BCUT2D eigenvalue weighted by atomic mass is 10.0. The second-order valence-corrected chi connectivity index (χ2v) is 7.90. The minimum Gasteiger partial charge on any atom is -0.381 e. The van der Waals surface area contributed by atoms with Crippen LogP contribution in [0.3, 0.4) is 0 Å². The predicted molar refractivity (Wildman–Crippen MR) is 119 cm³/mol. The van der Waals surface area contributed by atoms with Crippen molar-refractivity contribution in [3.63, 3.8) is 0 Å². The molecule has 2 N–H and O–H groups in total. The van der Waals surface area contributed by atoms with Gasteiger partial charge in [-0.3, -0.25) is 4.99 Å². The van der Waals surface area contributed by atoms with E-state index in [1.54, 1.807) is 11.3 Å². The number of aliphatic imine (C=N–C) groups is 1. The number of piperidine rings is 1. The lowest BCUT2D eigenvalue weighted by Crippen LogP contribution is -2.49. The van der Waals surface area contributed by atoms with E-state index >= 15 is 0 Å². The predicted octanol–water partition coefficient (Wildman–Crippen LogP) is 2.49. The van der Waals surface area contributed by atoms with Gasteiger partial charge in [-0.15, -0.1) is 35.3 Å². The number of likely N-dealkylation sites (tertiary alicyclic amines) is 1. The summed E-state index contributed by atoms with van der Waals surface area (Å²) in [4.78, 5) is 11.6. The molecule has 0 aliphatic carbocycles. The Labute approximate surface area is 178 Å². The lowest BCUT2D eigenvalue weighted by Gasteiger charge is -2.34. The summed E-state index contributed by atoms with van der Waals surface area (Å²) in [6.45, 7) is 8.30. The Morgan fingerprint density at radius 1 is 1.38 bits per heavy atom. The number of ether oxygens (including phenoxy) is 1. The van der Waals surface area contributed by atoms with Crippen molar-refractivity contribution >= 4 is 41.3 Å². The van der Waals surface area contributed by atoms with E-state index in [2.05, 4.69) is 37.8 Å². The maximum atomic E-state index is 5.49. The molecule has 1 unspecified atom stereocenters. The molecular formula is C18H32IN5OS. The molecule has 3 heterocycles. The van der Waals surface area contributed by atoms with Gasteiger partial charge in [0.15, 0.2) is 5.96 Å². The first-order valence-corrected chi connectivity index (χ1v) is 10.3. The summed E-state index contributed by atoms with van der Waals surface area (Å²) in [5, 5.41) is 10.3. The maximum absolute atomic E-state index is 5.49. The van der Waals surface area contributed by atoms with Crippen molar-refractivity contribution in [2.75, 3.05) is 39.9 Å². The van der Waals surface area contributed by atoms with Crippen molar-refractivity contribution in [3.05, 3.63) is 16.1 Å². The molecule has 0 amide bonds. The Kier molecular flexibility index (Phi) is 9.58. The Balaban J connectivity index is 0.00000243. The van der Waals surface area contributed by atoms with Crippen LogP contribution in [0.4, 0.5) is 0 Å². The van der Waals surface area contributed by atoms with Gasteiger partial charge < -0.3 is 20.3 Å². The van der Waals surface area contributed by atoms with Gasteiger partial charge in [-0.2, -0.15) is 0 Å². The molecule has 0 spiro atoms. The minimum atomic E-state index is 0. The van der Waals surface area contributed by atoms with E-state index in [0.29, 0.717) is 6.04 Å². The van der Waals surface area contributed by atoms with Gasteiger partial charge in [0.1, 0.15) is 0 Å². The quantitative estimate of drug-likeness (QED) is 0.362. The van der Waals surface area contributed by atoms with Gasteiger partial charge in [-0.05, 0) is 31.6 Å². The van der Waals surface area contributed by atoms with Crippen LogP contribution in [0.5, 0.6) is 0 Å². The molecule has 0 radical (unpaired) electrons. The molecule has 0 bridgehead atoms. The average molecular weight is 493 g/mol. The Morgan fingerprint density at radius 2 is 2.19 bits per heavy atom. The van der Waals surface area contributed by atoms with Crippen LogP contribution < -0.4 is 10.6 Å². The van der Waals surface area contributed by atoms with Crippen LogP contribution in [0.1, 0.15) is 36.9 Å². The van der Waals surface area contributed by atoms with Gasteiger partial charge in [0, 0.05) is 44.7 Å². The molecule has 1 atom stereocenters. The maximum Gasteiger partial charge on any atom is 0.191 e. The van der Waals surface area contributed by atoms with E-state index in [1.165, 1.54) is 30.8 Å². The van der Waals surface area contributed by atoms with Gasteiger partial charge in [-0.25, -0.2) is 4.98 Å². The highest BCUT2D eigenvalue weighted by atomic mass is 127. The number of aromatic nitrogens is 1. The Hall–Kier alpha value is -0.450. The third-order valence-electron chi connectivity index (χ3n) is 5.03. The van der Waals surface area contributed by atoms with Crippen LogP contribution in [0.2, 0.25) is 0 Å². The number of hydrogen-bond acceptors (Lipinski definition) is 5. The summed E-state index contributed by atoms with van der Waals surface area (Å²) in [5.41, 5.74) is 1.10. The molecule has 26 heavy (non-hydrogen) atoms. The van der Waals surface area contributed by atoms with E-state index in [-0.39, 0.29) is 24.0 Å². The van der Waals surface area contributed by atoms with Gasteiger partial charge in [0.25, 0.3) is 0 Å². The van der Waals surface area contributed by atoms with Crippen LogP contribution in [0, 0.1) is 5.92 Å². The van der Waals surface area contributed by atoms with Crippen LogP contribution >= 0.6 is 35.3 Å². The second-order valence-electron chi connectivity index (χ2n) is 6.96. The molecule has 1 aromatic rings. The molecule has 0 saturated carbocycles. The first-order valence-electron chi connectivity index (χ1n) is 9.47. The smallest absolute Gasteiger partial charge is 0.191 e. The Morgan fingerprint density at radius 3 is 2.81 bits per heavy atom. The molecule has 6 nitrogen and oxygen atoms in total. The second kappa shape index (κ2) is 11.4. The molecule has 8 heteroatoms. The third-order valence-corrected chi connectivity index (χ3v) is 6.07. The molecule has 148 valence electrons. The van der Waals surface area contributed by atoms with Gasteiger partial charge in [0.05, 0.1) is 23.9 Å². The van der Waals surface area contributed by atoms with E-state index in [4.69, 9.17) is 4.74 Å². The lowest BCUT2D eigenvalue weighted by molar-refractivity contribution is 0.150. The van der Waals surface area contributed by atoms with Crippen LogP contribution in [-0.4, -0.2) is 61.8 Å². The van der Waals surface area contributed by atoms with E-state index < -0.39 is 0 Å². The highest BCUT2D eigenvalue weighted by Crippen LogP contribution is 2.17. The summed E-state index contributed by atoms with van der Waals surface area (Å²) >= 11 is 1.73. The van der Waals surface area contributed by atoms with Crippen molar-refractivity contribution in [3.8, 4) is 0 Å². The van der Waals surface area contributed by atoms with Gasteiger partial charge in [0.2, 0.25) is 0 Å². The van der Waals surface area contributed by atoms with Crippen LogP contribution in [0.25, 0.3) is 0 Å². The van der Waals surface area contributed by atoms with Crippen LogP contribution in [-0.2, 0) is 17.7 Å². The number of rotatable bonds is 6. The molecular weight excluding hydrogens is 461 g/mol. The summed E-state index contributed by atoms with van der Waals surface area (Å²) in [7, 11) is 1.84. The van der Waals surface area contributed by atoms with Crippen molar-refractivity contribution in [1.82, 2.24) is 20.5 Å². The van der Waals surface area contributed by atoms with E-state index in [9.17, 15) is 0 Å². The Bertz CT molecular complexity index is 554. The number of halogens is 1. The molecule has 2 aliphatic rings. The zero-order valence-electron chi connectivity index (χ0n) is 15.9. The zero-order chi connectivity index (χ0) is 17.5. The summed E-state index contributed by atoms with van der Waals surface area (Å²) in [6.07, 6.45) is 4.57. The zero-order valence-corrected chi connectivity index (χ0v) is 19.0. The minimum absolute atomic E-state index is 0. The topological polar surface area (TPSA) is 61.8 Å². The fourth-order valence-corrected chi connectivity index (χ4v) is 4.25. The number of hydrogen-bond donors (Lipinski definition) is 2. The van der Waals surface area contributed by atoms with Crippen molar-refractivity contribution < 1.29 is 4.74 Å². The third kappa shape index (κ3) is 6.61. The normalized spacial score (nSPS) is 22.2. The van der Waals surface area contributed by atoms with Crippen LogP contribution in [0.15, 0.2) is 10.4 Å².